The SMILES string of the molecule is CN1C=C(c2n[nH]c(CNc3nc(N4CCCCC4)ncn[nH]cc3C(F)(F)F)n2)C=CC1CC(F)(F)F. The second-order valence-corrected chi connectivity index (χ2v) is 8.82. The first-order chi connectivity index (χ1) is 18.0. The van der Waals surface area contributed by atoms with Gasteiger partial charge < -0.3 is 15.1 Å². The number of rotatable bonds is 6. The normalized spacial score (nSPS) is 18.3. The maximum Gasteiger partial charge on any atom is 0.421 e. The van der Waals surface area contributed by atoms with Crippen LogP contribution in [0.2, 0.25) is 0 Å². The maximum atomic E-state index is 13.9. The van der Waals surface area contributed by atoms with Crippen molar-refractivity contribution in [3.63, 3.8) is 0 Å². The minimum atomic E-state index is -4.76. The van der Waals surface area contributed by atoms with Gasteiger partial charge in [-0.05, 0) is 19.3 Å². The molecule has 206 valence electrons. The lowest BCUT2D eigenvalue weighted by atomic mass is 10.1. The number of allylic oxidation sites excluding steroid dienone is 2. The summed E-state index contributed by atoms with van der Waals surface area (Å²) in [5.41, 5.74) is -0.638. The van der Waals surface area contributed by atoms with Crippen LogP contribution >= 0.6 is 0 Å². The molecule has 4 rings (SSSR count). The molecule has 0 amide bonds. The van der Waals surface area contributed by atoms with Gasteiger partial charge in [0.1, 0.15) is 23.5 Å². The summed E-state index contributed by atoms with van der Waals surface area (Å²) in [6.07, 6.45) is -1.17. The van der Waals surface area contributed by atoms with Crippen LogP contribution in [0.5, 0.6) is 0 Å². The van der Waals surface area contributed by atoms with Gasteiger partial charge in [0.25, 0.3) is 0 Å². The number of aromatic nitrogens is 7. The predicted molar refractivity (Wildman–Crippen MR) is 126 cm³/mol. The lowest BCUT2D eigenvalue weighted by molar-refractivity contribution is -0.141. The van der Waals surface area contributed by atoms with Gasteiger partial charge >= 0.3 is 12.4 Å². The van der Waals surface area contributed by atoms with Crippen molar-refractivity contribution in [2.75, 3.05) is 30.4 Å². The summed E-state index contributed by atoms with van der Waals surface area (Å²) in [7, 11) is 1.51. The number of piperidine rings is 1. The van der Waals surface area contributed by atoms with Crippen LogP contribution in [0, 0.1) is 0 Å². The first kappa shape index (κ1) is 27.2. The number of hydrogen-bond acceptors (Lipinski definition) is 8. The highest BCUT2D eigenvalue weighted by molar-refractivity contribution is 5.70. The zero-order chi connectivity index (χ0) is 27.3. The summed E-state index contributed by atoms with van der Waals surface area (Å²) in [5, 5.41) is 15.3. The average molecular weight is 545 g/mol. The molecule has 1 saturated heterocycles. The molecular weight excluding hydrogens is 518 g/mol. The zero-order valence-electron chi connectivity index (χ0n) is 20.3. The van der Waals surface area contributed by atoms with Gasteiger partial charge in [-0.15, -0.1) is 0 Å². The van der Waals surface area contributed by atoms with E-state index in [2.05, 4.69) is 40.7 Å². The van der Waals surface area contributed by atoms with Gasteiger partial charge in [0.05, 0.1) is 19.0 Å². The monoisotopic (exact) mass is 544 g/mol. The molecule has 1 fully saturated rings. The highest BCUT2D eigenvalue weighted by Crippen LogP contribution is 2.33. The molecule has 2 aliphatic rings. The number of alkyl halides is 6. The van der Waals surface area contributed by atoms with Gasteiger partial charge in [-0.3, -0.25) is 10.2 Å². The molecule has 0 aromatic carbocycles. The molecule has 0 spiro atoms. The summed E-state index contributed by atoms with van der Waals surface area (Å²) < 4.78 is 79.9. The Morgan fingerprint density at radius 2 is 1.84 bits per heavy atom. The van der Waals surface area contributed by atoms with Crippen LogP contribution < -0.4 is 10.2 Å². The summed E-state index contributed by atoms with van der Waals surface area (Å²) in [5.74, 6) is -0.00518. The standard InChI is InChI=1S/C22H26F6N10/c1-37-12-14(5-6-15(37)9-21(23,24)25)18-33-17(35-36-18)11-29-19-16(22(26,27)28)10-31-32-13-30-20(34-19)38-7-3-2-4-8-38/h5-6,10,12-13,15,31H,2-4,7-9,11H2,1H3,(H,33,35,36)(H,29,30,32,34). The molecule has 0 radical (unpaired) electrons. The molecule has 1 unspecified atom stereocenters. The Morgan fingerprint density at radius 3 is 2.53 bits per heavy atom. The number of aromatic amines is 2. The molecule has 0 bridgehead atoms. The number of hydrogen-bond donors (Lipinski definition) is 3. The summed E-state index contributed by atoms with van der Waals surface area (Å²) in [6.45, 7) is 1.01. The van der Waals surface area contributed by atoms with Gasteiger partial charge in [0, 0.05) is 38.1 Å². The number of likely N-dealkylation sites (N-methyl/N-ethyl adjacent to an activating group) is 1. The van der Waals surface area contributed by atoms with Crippen LogP contribution in [0.4, 0.5) is 38.1 Å². The molecule has 1 atom stereocenters. The van der Waals surface area contributed by atoms with Crippen molar-refractivity contribution < 1.29 is 26.3 Å². The average Bonchev–Trinajstić information content (AvgIpc) is 3.35. The Bertz CT molecular complexity index is 1210. The second-order valence-electron chi connectivity index (χ2n) is 8.82. The fourth-order valence-electron chi connectivity index (χ4n) is 4.03. The number of nitrogens with one attached hydrogen (secondary N) is 3. The Kier molecular flexibility index (Phi) is 8.06. The summed E-state index contributed by atoms with van der Waals surface area (Å²) in [6, 6.07) is -0.860. The molecule has 2 aromatic heterocycles. The van der Waals surface area contributed by atoms with Crippen molar-refractivity contribution in [1.29, 1.82) is 0 Å². The van der Waals surface area contributed by atoms with Crippen molar-refractivity contribution in [2.24, 2.45) is 0 Å². The van der Waals surface area contributed by atoms with Gasteiger partial charge in [-0.1, -0.05) is 12.2 Å². The van der Waals surface area contributed by atoms with Crippen LogP contribution in [0.1, 0.15) is 42.9 Å². The van der Waals surface area contributed by atoms with E-state index in [4.69, 9.17) is 0 Å². The van der Waals surface area contributed by atoms with Crippen LogP contribution in [-0.2, 0) is 12.7 Å². The van der Waals surface area contributed by atoms with Gasteiger partial charge in [0.2, 0.25) is 5.95 Å². The minimum absolute atomic E-state index is 0.0991. The highest BCUT2D eigenvalue weighted by Gasteiger charge is 2.35. The van der Waals surface area contributed by atoms with Crippen molar-refractivity contribution >= 4 is 17.3 Å². The maximum absolute atomic E-state index is 13.9. The molecule has 16 heteroatoms. The van der Waals surface area contributed by atoms with Gasteiger partial charge in [-0.2, -0.15) is 46.5 Å². The highest BCUT2D eigenvalue weighted by atomic mass is 19.4. The van der Waals surface area contributed by atoms with E-state index in [1.165, 1.54) is 30.3 Å². The third-order valence-electron chi connectivity index (χ3n) is 5.94. The smallest absolute Gasteiger partial charge is 0.373 e. The topological polar surface area (TPSA) is 115 Å². The molecule has 2 aromatic rings. The predicted octanol–water partition coefficient (Wildman–Crippen LogP) is 4.23. The molecule has 10 nitrogen and oxygen atoms in total. The van der Waals surface area contributed by atoms with Crippen molar-refractivity contribution in [3.8, 4) is 0 Å². The number of halogens is 6. The summed E-state index contributed by atoms with van der Waals surface area (Å²) in [4.78, 5) is 15.8. The zero-order valence-corrected chi connectivity index (χ0v) is 20.3. The Balaban J connectivity index is 1.56. The Hall–Kier alpha value is -3.85. The van der Waals surface area contributed by atoms with Gasteiger partial charge in [0.15, 0.2) is 5.82 Å². The fraction of sp³-hybridized carbons (Fsp3) is 0.500. The first-order valence-electron chi connectivity index (χ1n) is 11.8. The fourth-order valence-corrected chi connectivity index (χ4v) is 4.03. The second kappa shape index (κ2) is 11.3. The van der Waals surface area contributed by atoms with E-state index >= 15 is 0 Å². The molecule has 0 aliphatic carbocycles. The van der Waals surface area contributed by atoms with E-state index in [-0.39, 0.29) is 24.1 Å². The summed E-state index contributed by atoms with van der Waals surface area (Å²) >= 11 is 0. The van der Waals surface area contributed by atoms with Crippen molar-refractivity contribution in [2.45, 2.75) is 50.6 Å². The van der Waals surface area contributed by atoms with Crippen LogP contribution in [-0.4, -0.2) is 72.6 Å². The van der Waals surface area contributed by atoms with Crippen molar-refractivity contribution in [1.82, 2.24) is 40.2 Å². The molecule has 4 heterocycles. The Labute approximate surface area is 213 Å². The lowest BCUT2D eigenvalue weighted by Gasteiger charge is -2.28. The largest absolute Gasteiger partial charge is 0.421 e. The van der Waals surface area contributed by atoms with Gasteiger partial charge in [-0.25, -0.2) is 4.98 Å². The lowest BCUT2D eigenvalue weighted by Crippen LogP contribution is -2.32. The van der Waals surface area contributed by atoms with E-state index in [0.29, 0.717) is 24.9 Å². The van der Waals surface area contributed by atoms with Crippen LogP contribution in [0.3, 0.4) is 0 Å². The third-order valence-corrected chi connectivity index (χ3v) is 5.94. The van der Waals surface area contributed by atoms with E-state index in [1.54, 1.807) is 4.90 Å². The number of H-pyrrole nitrogens is 2. The van der Waals surface area contributed by atoms with E-state index in [9.17, 15) is 26.3 Å². The van der Waals surface area contributed by atoms with Crippen LogP contribution in [0.15, 0.2) is 30.9 Å². The van der Waals surface area contributed by atoms with Crippen molar-refractivity contribution in [3.05, 3.63) is 48.1 Å². The minimum Gasteiger partial charge on any atom is -0.373 e. The van der Waals surface area contributed by atoms with E-state index in [1.807, 2.05) is 0 Å². The number of nitrogens with zero attached hydrogens (tertiary/aromatic N) is 7. The van der Waals surface area contributed by atoms with E-state index < -0.39 is 36.2 Å². The van der Waals surface area contributed by atoms with E-state index in [0.717, 1.165) is 25.6 Å². The molecule has 2 aliphatic heterocycles. The first-order valence-corrected chi connectivity index (χ1v) is 11.8. The third kappa shape index (κ3) is 7.13. The number of anilines is 2. The molecule has 0 saturated carbocycles. The molecule has 3 N–H and O–H groups in total. The van der Waals surface area contributed by atoms with Crippen LogP contribution in [0.25, 0.3) is 5.57 Å². The molecule has 38 heavy (non-hydrogen) atoms. The quantitative estimate of drug-likeness (QED) is 0.463. The molecular formula is C22H26F6N10. The Morgan fingerprint density at radius 1 is 1.08 bits per heavy atom.